The predicted molar refractivity (Wildman–Crippen MR) is 70.7 cm³/mol. The lowest BCUT2D eigenvalue weighted by Crippen LogP contribution is -2.38. The van der Waals surface area contributed by atoms with Gasteiger partial charge in [0.25, 0.3) is 0 Å². The highest BCUT2D eigenvalue weighted by Crippen LogP contribution is 2.11. The molecule has 1 aromatic carbocycles. The van der Waals surface area contributed by atoms with Crippen LogP contribution in [0.15, 0.2) is 30.5 Å². The number of nitrogens with two attached hydrogens (primary N) is 1. The lowest BCUT2D eigenvalue weighted by molar-refractivity contribution is 0.516. The van der Waals surface area contributed by atoms with Crippen LogP contribution in [0.25, 0.3) is 0 Å². The molecule has 1 heterocycles. The normalized spacial score (nSPS) is 12.6. The zero-order valence-corrected chi connectivity index (χ0v) is 10.8. The van der Waals surface area contributed by atoms with Crippen molar-refractivity contribution >= 4 is 0 Å². The Labute approximate surface area is 107 Å². The van der Waals surface area contributed by atoms with Gasteiger partial charge >= 0.3 is 0 Å². The van der Waals surface area contributed by atoms with E-state index in [0.717, 1.165) is 18.5 Å². The van der Waals surface area contributed by atoms with E-state index in [1.165, 1.54) is 11.1 Å². The quantitative estimate of drug-likeness (QED) is 0.602. The molecule has 1 unspecified atom stereocenters. The summed E-state index contributed by atoms with van der Waals surface area (Å²) in [5, 5.41) is 8.01. The predicted octanol–water partition coefficient (Wildman–Crippen LogP) is 0.741. The Morgan fingerprint density at radius 3 is 2.72 bits per heavy atom. The van der Waals surface area contributed by atoms with Crippen molar-refractivity contribution < 1.29 is 0 Å². The number of aromatic nitrogens is 3. The summed E-state index contributed by atoms with van der Waals surface area (Å²) in [6, 6.07) is 8.52. The van der Waals surface area contributed by atoms with Gasteiger partial charge in [0.1, 0.15) is 0 Å². The Balaban J connectivity index is 2.04. The zero-order valence-electron chi connectivity index (χ0n) is 10.8. The highest BCUT2D eigenvalue weighted by molar-refractivity contribution is 5.26. The number of hydrazine groups is 1. The van der Waals surface area contributed by atoms with Crippen molar-refractivity contribution in [3.8, 4) is 0 Å². The summed E-state index contributed by atoms with van der Waals surface area (Å²) in [5.74, 6) is 5.62. The smallest absolute Gasteiger partial charge is 0.0843 e. The molecule has 0 fully saturated rings. The molecule has 0 aliphatic carbocycles. The van der Waals surface area contributed by atoms with Crippen molar-refractivity contribution in [3.05, 3.63) is 47.3 Å². The van der Waals surface area contributed by atoms with Gasteiger partial charge < -0.3 is 0 Å². The highest BCUT2D eigenvalue weighted by Gasteiger charge is 2.12. The van der Waals surface area contributed by atoms with Gasteiger partial charge in [-0.15, -0.1) is 5.10 Å². The van der Waals surface area contributed by atoms with Crippen LogP contribution in [0, 0.1) is 6.92 Å². The summed E-state index contributed by atoms with van der Waals surface area (Å²) in [5.41, 5.74) is 6.41. The second kappa shape index (κ2) is 5.75. The van der Waals surface area contributed by atoms with Crippen LogP contribution < -0.4 is 11.3 Å². The molecule has 0 radical (unpaired) electrons. The third-order valence-electron chi connectivity index (χ3n) is 3.07. The molecule has 0 bridgehead atoms. The maximum Gasteiger partial charge on any atom is 0.0843 e. The molecule has 0 aliphatic rings. The van der Waals surface area contributed by atoms with Crippen molar-refractivity contribution in [1.82, 2.24) is 20.4 Å². The van der Waals surface area contributed by atoms with Crippen molar-refractivity contribution in [2.24, 2.45) is 12.9 Å². The van der Waals surface area contributed by atoms with Crippen LogP contribution in [-0.2, 0) is 19.9 Å². The Bertz CT molecular complexity index is 506. The molecule has 0 spiro atoms. The average molecular weight is 245 g/mol. The Morgan fingerprint density at radius 2 is 2.11 bits per heavy atom. The fourth-order valence-electron chi connectivity index (χ4n) is 2.04. The molecule has 96 valence electrons. The minimum atomic E-state index is 0.169. The highest BCUT2D eigenvalue weighted by atomic mass is 15.4. The molecular formula is C13H19N5. The van der Waals surface area contributed by atoms with E-state index in [1.807, 2.05) is 19.3 Å². The monoisotopic (exact) mass is 245 g/mol. The van der Waals surface area contributed by atoms with Gasteiger partial charge in [-0.2, -0.15) is 0 Å². The standard InChI is InChI=1S/C13H19N5/c1-10-5-3-4-6-11(10)7-12(15-14)8-13-9-18(2)17-16-13/h3-6,9,12,15H,7-8,14H2,1-2H3. The van der Waals surface area contributed by atoms with Crippen LogP contribution in [0.3, 0.4) is 0 Å². The number of benzene rings is 1. The summed E-state index contributed by atoms with van der Waals surface area (Å²) in [4.78, 5) is 0. The molecular weight excluding hydrogens is 226 g/mol. The molecule has 18 heavy (non-hydrogen) atoms. The van der Waals surface area contributed by atoms with E-state index in [0.29, 0.717) is 0 Å². The van der Waals surface area contributed by atoms with E-state index in [9.17, 15) is 0 Å². The fraction of sp³-hybridized carbons (Fsp3) is 0.385. The largest absolute Gasteiger partial charge is 0.271 e. The summed E-state index contributed by atoms with van der Waals surface area (Å²) in [6.07, 6.45) is 3.58. The van der Waals surface area contributed by atoms with E-state index >= 15 is 0 Å². The SMILES string of the molecule is Cc1ccccc1CC(Cc1cn(C)nn1)NN. The van der Waals surface area contributed by atoms with Crippen LogP contribution in [0.4, 0.5) is 0 Å². The minimum absolute atomic E-state index is 0.169. The minimum Gasteiger partial charge on any atom is -0.271 e. The number of hydrogen-bond acceptors (Lipinski definition) is 4. The van der Waals surface area contributed by atoms with E-state index in [1.54, 1.807) is 4.68 Å². The molecule has 1 aromatic heterocycles. The summed E-state index contributed by atoms with van der Waals surface area (Å²) < 4.78 is 1.71. The van der Waals surface area contributed by atoms with Crippen molar-refractivity contribution in [2.75, 3.05) is 0 Å². The molecule has 2 rings (SSSR count). The Hall–Kier alpha value is -1.72. The lowest BCUT2D eigenvalue weighted by atomic mass is 9.99. The van der Waals surface area contributed by atoms with Gasteiger partial charge in [0.05, 0.1) is 5.69 Å². The summed E-state index contributed by atoms with van der Waals surface area (Å²) in [6.45, 7) is 2.12. The number of nitrogens with one attached hydrogen (secondary N) is 1. The third-order valence-corrected chi connectivity index (χ3v) is 3.07. The van der Waals surface area contributed by atoms with Gasteiger partial charge in [-0.05, 0) is 24.5 Å². The first-order chi connectivity index (χ1) is 8.69. The lowest BCUT2D eigenvalue weighted by Gasteiger charge is -2.15. The van der Waals surface area contributed by atoms with Crippen molar-refractivity contribution in [2.45, 2.75) is 25.8 Å². The van der Waals surface area contributed by atoms with Crippen molar-refractivity contribution in [3.63, 3.8) is 0 Å². The molecule has 5 heteroatoms. The molecule has 5 nitrogen and oxygen atoms in total. The second-order valence-corrected chi connectivity index (χ2v) is 4.58. The maximum absolute atomic E-state index is 5.62. The molecule has 0 saturated carbocycles. The third kappa shape index (κ3) is 3.15. The molecule has 0 saturated heterocycles. The first kappa shape index (κ1) is 12.7. The van der Waals surface area contributed by atoms with Crippen molar-refractivity contribution in [1.29, 1.82) is 0 Å². The van der Waals surface area contributed by atoms with E-state index in [4.69, 9.17) is 5.84 Å². The van der Waals surface area contributed by atoms with Gasteiger partial charge in [0.15, 0.2) is 0 Å². The summed E-state index contributed by atoms with van der Waals surface area (Å²) >= 11 is 0. The van der Waals surface area contributed by atoms with Crippen LogP contribution in [-0.4, -0.2) is 21.0 Å². The number of aryl methyl sites for hydroxylation is 2. The molecule has 1 atom stereocenters. The molecule has 3 N–H and O–H groups in total. The van der Waals surface area contributed by atoms with Crippen LogP contribution in [0.1, 0.15) is 16.8 Å². The number of nitrogens with zero attached hydrogens (tertiary/aromatic N) is 3. The van der Waals surface area contributed by atoms with E-state index in [-0.39, 0.29) is 6.04 Å². The number of rotatable bonds is 5. The molecule has 0 amide bonds. The zero-order chi connectivity index (χ0) is 13.0. The van der Waals surface area contributed by atoms with E-state index < -0.39 is 0 Å². The maximum atomic E-state index is 5.62. The Kier molecular flexibility index (Phi) is 4.07. The van der Waals surface area contributed by atoms with Crippen LogP contribution in [0.2, 0.25) is 0 Å². The van der Waals surface area contributed by atoms with Crippen LogP contribution in [0.5, 0.6) is 0 Å². The first-order valence-corrected chi connectivity index (χ1v) is 6.05. The fourth-order valence-corrected chi connectivity index (χ4v) is 2.04. The van der Waals surface area contributed by atoms with E-state index in [2.05, 4.69) is 40.9 Å². The van der Waals surface area contributed by atoms with Gasteiger partial charge in [-0.25, -0.2) is 0 Å². The Morgan fingerprint density at radius 1 is 1.33 bits per heavy atom. The average Bonchev–Trinajstić information content (AvgIpc) is 2.76. The van der Waals surface area contributed by atoms with Gasteiger partial charge in [0, 0.05) is 25.7 Å². The summed E-state index contributed by atoms with van der Waals surface area (Å²) in [7, 11) is 1.86. The molecule has 2 aromatic rings. The van der Waals surface area contributed by atoms with Gasteiger partial charge in [-0.3, -0.25) is 16.0 Å². The number of hydrogen-bond donors (Lipinski definition) is 2. The second-order valence-electron chi connectivity index (χ2n) is 4.58. The topological polar surface area (TPSA) is 68.8 Å². The molecule has 0 aliphatic heterocycles. The van der Waals surface area contributed by atoms with Gasteiger partial charge in [0.2, 0.25) is 0 Å². The first-order valence-electron chi connectivity index (χ1n) is 6.05. The van der Waals surface area contributed by atoms with Crippen LogP contribution >= 0.6 is 0 Å². The van der Waals surface area contributed by atoms with Gasteiger partial charge in [-0.1, -0.05) is 29.5 Å².